The number of nitrogens with zero attached hydrogens (tertiary/aromatic N) is 1. The maximum Gasteiger partial charge on any atom is 0.246 e. The van der Waals surface area contributed by atoms with Crippen molar-refractivity contribution in [2.75, 3.05) is 5.73 Å². The van der Waals surface area contributed by atoms with Crippen LogP contribution in [0, 0.1) is 11.8 Å². The van der Waals surface area contributed by atoms with Gasteiger partial charge in [-0.25, -0.2) is 0 Å². The van der Waals surface area contributed by atoms with E-state index < -0.39 is 12.1 Å². The van der Waals surface area contributed by atoms with Crippen LogP contribution in [0.5, 0.6) is 0 Å². The Morgan fingerprint density at radius 3 is 2.28 bits per heavy atom. The van der Waals surface area contributed by atoms with Gasteiger partial charge in [-0.15, -0.1) is 0 Å². The highest BCUT2D eigenvalue weighted by Gasteiger charge is 2.45. The zero-order valence-corrected chi connectivity index (χ0v) is 17.1. The molecule has 29 heavy (non-hydrogen) atoms. The van der Waals surface area contributed by atoms with E-state index in [1.54, 1.807) is 4.90 Å². The highest BCUT2D eigenvalue weighted by Crippen LogP contribution is 2.32. The lowest BCUT2D eigenvalue weighted by molar-refractivity contribution is -0.152. The molecule has 2 unspecified atom stereocenters. The van der Waals surface area contributed by atoms with Gasteiger partial charge in [0.1, 0.15) is 12.1 Å². The van der Waals surface area contributed by atoms with Gasteiger partial charge in [-0.3, -0.25) is 9.59 Å². The summed E-state index contributed by atoms with van der Waals surface area (Å²) in [4.78, 5) is 28.4. The molecular formula is C24H29N3O2. The molecule has 2 amide bonds. The lowest BCUT2D eigenvalue weighted by Crippen LogP contribution is -2.65. The minimum absolute atomic E-state index is 0.0105. The number of benzene rings is 2. The second kappa shape index (κ2) is 7.90. The van der Waals surface area contributed by atoms with Gasteiger partial charge in [0, 0.05) is 12.2 Å². The number of anilines is 1. The number of rotatable bonds is 5. The summed E-state index contributed by atoms with van der Waals surface area (Å²) in [5.74, 6) is 0.367. The van der Waals surface area contributed by atoms with Gasteiger partial charge in [-0.2, -0.15) is 0 Å². The minimum Gasteiger partial charge on any atom is -0.398 e. The Morgan fingerprint density at radius 2 is 1.66 bits per heavy atom. The van der Waals surface area contributed by atoms with Crippen molar-refractivity contribution in [2.24, 2.45) is 11.8 Å². The molecule has 4 rings (SSSR count). The normalized spacial score (nSPS) is 22.1. The fourth-order valence-electron chi connectivity index (χ4n) is 4.66. The van der Waals surface area contributed by atoms with E-state index in [0.717, 1.165) is 18.4 Å². The molecule has 5 nitrogen and oxygen atoms in total. The lowest BCUT2D eigenvalue weighted by atomic mass is 9.89. The van der Waals surface area contributed by atoms with Crippen LogP contribution in [0.4, 0.5) is 5.69 Å². The smallest absolute Gasteiger partial charge is 0.246 e. The fraction of sp³-hybridized carbons (Fsp3) is 0.417. The van der Waals surface area contributed by atoms with Crippen molar-refractivity contribution in [3.05, 3.63) is 65.2 Å². The number of fused-ring (bicyclic) bond motifs is 1. The lowest BCUT2D eigenvalue weighted by Gasteiger charge is -2.41. The van der Waals surface area contributed by atoms with E-state index in [9.17, 15) is 9.59 Å². The second-order valence-electron chi connectivity index (χ2n) is 8.73. The summed E-state index contributed by atoms with van der Waals surface area (Å²) in [6.07, 6.45) is 2.29. The molecule has 1 fully saturated rings. The maximum atomic E-state index is 13.6. The highest BCUT2D eigenvalue weighted by atomic mass is 16.2. The molecule has 2 aromatic rings. The molecule has 0 bridgehead atoms. The van der Waals surface area contributed by atoms with Gasteiger partial charge < -0.3 is 16.0 Å². The largest absolute Gasteiger partial charge is 0.398 e. The van der Waals surface area contributed by atoms with Crippen LogP contribution in [0.25, 0.3) is 0 Å². The van der Waals surface area contributed by atoms with E-state index in [1.165, 1.54) is 11.1 Å². The third-order valence-corrected chi connectivity index (χ3v) is 6.17. The zero-order valence-electron chi connectivity index (χ0n) is 17.1. The highest BCUT2D eigenvalue weighted by molar-refractivity contribution is 5.97. The van der Waals surface area contributed by atoms with E-state index in [4.69, 9.17) is 5.73 Å². The molecule has 0 saturated carbocycles. The van der Waals surface area contributed by atoms with Crippen LogP contribution in [0.15, 0.2) is 48.5 Å². The van der Waals surface area contributed by atoms with Crippen molar-refractivity contribution in [1.82, 2.24) is 10.2 Å². The Hall–Kier alpha value is -2.82. The molecule has 0 radical (unpaired) electrons. The molecule has 3 N–H and O–H groups in total. The number of nitrogens with one attached hydrogen (secondary N) is 1. The molecule has 1 saturated heterocycles. The molecule has 1 heterocycles. The summed E-state index contributed by atoms with van der Waals surface area (Å²) in [6.45, 7) is 4.52. The predicted octanol–water partition coefficient (Wildman–Crippen LogP) is 2.93. The first-order chi connectivity index (χ1) is 13.9. The van der Waals surface area contributed by atoms with Crippen LogP contribution in [-0.4, -0.2) is 28.8 Å². The van der Waals surface area contributed by atoms with Gasteiger partial charge in [-0.1, -0.05) is 56.3 Å². The number of nitrogens with two attached hydrogens (primary N) is 1. The van der Waals surface area contributed by atoms with E-state index in [-0.39, 0.29) is 17.7 Å². The summed E-state index contributed by atoms with van der Waals surface area (Å²) in [5.41, 5.74) is 10.2. The number of para-hydroxylation sites is 1. The number of carbonyl (C=O) groups is 2. The first-order valence-electron chi connectivity index (χ1n) is 10.4. The number of carbonyl (C=O) groups excluding carboxylic acids is 2. The van der Waals surface area contributed by atoms with Crippen LogP contribution in [0.2, 0.25) is 0 Å². The van der Waals surface area contributed by atoms with Crippen LogP contribution < -0.4 is 11.1 Å². The Kier molecular flexibility index (Phi) is 5.31. The van der Waals surface area contributed by atoms with Crippen molar-refractivity contribution in [2.45, 2.75) is 51.7 Å². The van der Waals surface area contributed by atoms with Gasteiger partial charge in [0.15, 0.2) is 0 Å². The SMILES string of the molecule is CC(C)CC1C(=O)NC(C2Cc3ccccc3C2)C(=O)N1Cc1ccccc1N. The molecule has 0 aromatic heterocycles. The van der Waals surface area contributed by atoms with Gasteiger partial charge in [0.05, 0.1) is 0 Å². The van der Waals surface area contributed by atoms with Crippen LogP contribution >= 0.6 is 0 Å². The zero-order chi connectivity index (χ0) is 20.5. The Bertz CT molecular complexity index is 899. The van der Waals surface area contributed by atoms with Crippen LogP contribution in [0.1, 0.15) is 37.0 Å². The summed E-state index contributed by atoms with van der Waals surface area (Å²) in [6, 6.07) is 14.9. The number of nitrogen functional groups attached to an aromatic ring is 1. The third-order valence-electron chi connectivity index (χ3n) is 6.17. The molecule has 1 aliphatic carbocycles. The molecular weight excluding hydrogens is 362 g/mol. The topological polar surface area (TPSA) is 75.4 Å². The average Bonchev–Trinajstić information content (AvgIpc) is 3.12. The van der Waals surface area contributed by atoms with Crippen molar-refractivity contribution in [1.29, 1.82) is 0 Å². The molecule has 152 valence electrons. The Morgan fingerprint density at radius 1 is 1.03 bits per heavy atom. The van der Waals surface area contributed by atoms with Gasteiger partial charge in [0.2, 0.25) is 11.8 Å². The molecule has 1 aliphatic heterocycles. The fourth-order valence-corrected chi connectivity index (χ4v) is 4.66. The minimum atomic E-state index is -0.483. The standard InChI is InChI=1S/C24H29N3O2/c1-15(2)11-21-23(28)26-22(19-12-16-7-3-4-8-17(16)13-19)24(29)27(21)14-18-9-5-6-10-20(18)25/h3-10,15,19,21-22H,11-14,25H2,1-2H3,(H,26,28). The maximum absolute atomic E-state index is 13.6. The number of amides is 2. The van der Waals surface area contributed by atoms with Gasteiger partial charge >= 0.3 is 0 Å². The quantitative estimate of drug-likeness (QED) is 0.770. The number of piperazine rings is 1. The van der Waals surface area contributed by atoms with Crippen molar-refractivity contribution >= 4 is 17.5 Å². The van der Waals surface area contributed by atoms with Crippen molar-refractivity contribution in [3.8, 4) is 0 Å². The number of hydrogen-bond acceptors (Lipinski definition) is 3. The van der Waals surface area contributed by atoms with Crippen LogP contribution in [0.3, 0.4) is 0 Å². The molecule has 5 heteroatoms. The summed E-state index contributed by atoms with van der Waals surface area (Å²) < 4.78 is 0. The first kappa shape index (κ1) is 19.5. The van der Waals surface area contributed by atoms with E-state index >= 15 is 0 Å². The van der Waals surface area contributed by atoms with E-state index in [0.29, 0.717) is 24.6 Å². The van der Waals surface area contributed by atoms with E-state index in [2.05, 4.69) is 31.3 Å². The second-order valence-corrected chi connectivity index (χ2v) is 8.73. The van der Waals surface area contributed by atoms with Crippen molar-refractivity contribution < 1.29 is 9.59 Å². The monoisotopic (exact) mass is 391 g/mol. The van der Waals surface area contributed by atoms with Crippen molar-refractivity contribution in [3.63, 3.8) is 0 Å². The molecule has 2 aromatic carbocycles. The van der Waals surface area contributed by atoms with Gasteiger partial charge in [-0.05, 0) is 53.9 Å². The Labute approximate surface area is 172 Å². The average molecular weight is 392 g/mol. The third kappa shape index (κ3) is 3.86. The molecule has 0 spiro atoms. The molecule has 2 aliphatic rings. The van der Waals surface area contributed by atoms with E-state index in [1.807, 2.05) is 36.4 Å². The summed E-state index contributed by atoms with van der Waals surface area (Å²) >= 11 is 0. The summed E-state index contributed by atoms with van der Waals surface area (Å²) in [7, 11) is 0. The Balaban J connectivity index is 1.61. The molecule has 2 atom stereocenters. The van der Waals surface area contributed by atoms with Gasteiger partial charge in [0.25, 0.3) is 0 Å². The first-order valence-corrected chi connectivity index (χ1v) is 10.4. The number of hydrogen-bond donors (Lipinski definition) is 2. The van der Waals surface area contributed by atoms with Crippen LogP contribution in [-0.2, 0) is 29.0 Å². The summed E-state index contributed by atoms with van der Waals surface area (Å²) in [5, 5.41) is 3.07. The predicted molar refractivity (Wildman–Crippen MR) is 114 cm³/mol.